The molecule has 0 fully saturated rings. The Morgan fingerprint density at radius 2 is 1.81 bits per heavy atom. The van der Waals surface area contributed by atoms with Crippen molar-refractivity contribution in [2.24, 2.45) is 0 Å². The highest BCUT2D eigenvalue weighted by molar-refractivity contribution is 7.89. The van der Waals surface area contributed by atoms with E-state index in [-0.39, 0.29) is 16.8 Å². The Bertz CT molecular complexity index is 924. The van der Waals surface area contributed by atoms with Gasteiger partial charge in [0, 0.05) is 32.6 Å². The summed E-state index contributed by atoms with van der Waals surface area (Å²) < 4.78 is 28.2. The molecule has 1 heterocycles. The zero-order valence-corrected chi connectivity index (χ0v) is 16.9. The van der Waals surface area contributed by atoms with Gasteiger partial charge in [-0.2, -0.15) is 4.31 Å². The first-order chi connectivity index (χ1) is 12.8. The van der Waals surface area contributed by atoms with Crippen molar-refractivity contribution in [3.8, 4) is 0 Å². The smallest absolute Gasteiger partial charge is 0.243 e. The first-order valence-corrected chi connectivity index (χ1v) is 10.7. The van der Waals surface area contributed by atoms with Gasteiger partial charge in [-0.25, -0.2) is 8.42 Å². The van der Waals surface area contributed by atoms with Crippen molar-refractivity contribution in [2.45, 2.75) is 51.2 Å². The molecule has 1 amide bonds. The van der Waals surface area contributed by atoms with E-state index in [2.05, 4.69) is 0 Å². The molecule has 0 aliphatic carbocycles. The quantitative estimate of drug-likeness (QED) is 0.793. The van der Waals surface area contributed by atoms with Crippen molar-refractivity contribution in [3.05, 3.63) is 65.2 Å². The lowest BCUT2D eigenvalue weighted by Gasteiger charge is -2.30. The van der Waals surface area contributed by atoms with Crippen LogP contribution in [-0.2, 0) is 34.3 Å². The van der Waals surface area contributed by atoms with Gasteiger partial charge in [-0.3, -0.25) is 4.79 Å². The van der Waals surface area contributed by atoms with E-state index in [1.54, 1.807) is 24.0 Å². The summed E-state index contributed by atoms with van der Waals surface area (Å²) in [6, 6.07) is 14.8. The van der Waals surface area contributed by atoms with E-state index in [1.165, 1.54) is 4.31 Å². The second kappa shape index (κ2) is 7.82. The van der Waals surface area contributed by atoms with Gasteiger partial charge in [0.05, 0.1) is 4.90 Å². The van der Waals surface area contributed by atoms with Crippen molar-refractivity contribution in [1.29, 1.82) is 0 Å². The molecule has 5 nitrogen and oxygen atoms in total. The van der Waals surface area contributed by atoms with Gasteiger partial charge in [0.25, 0.3) is 0 Å². The number of benzene rings is 2. The molecule has 0 aromatic heterocycles. The van der Waals surface area contributed by atoms with E-state index in [0.29, 0.717) is 19.6 Å². The second-order valence-corrected chi connectivity index (χ2v) is 9.14. The minimum Gasteiger partial charge on any atom is -0.338 e. The van der Waals surface area contributed by atoms with E-state index < -0.39 is 10.0 Å². The third-order valence-electron chi connectivity index (χ3n) is 5.00. The lowest BCUT2D eigenvalue weighted by atomic mass is 10.00. The van der Waals surface area contributed by atoms with Crippen LogP contribution in [0.1, 0.15) is 37.5 Å². The first-order valence-electron chi connectivity index (χ1n) is 9.22. The third kappa shape index (κ3) is 4.22. The van der Waals surface area contributed by atoms with Crippen LogP contribution in [0.15, 0.2) is 53.4 Å². The number of carbonyl (C=O) groups is 1. The van der Waals surface area contributed by atoms with E-state index in [1.807, 2.05) is 50.2 Å². The van der Waals surface area contributed by atoms with Crippen LogP contribution in [0.4, 0.5) is 0 Å². The molecule has 0 saturated heterocycles. The molecular weight excluding hydrogens is 360 g/mol. The molecule has 1 aliphatic heterocycles. The number of hydrogen-bond donors (Lipinski definition) is 0. The second-order valence-electron chi connectivity index (χ2n) is 7.25. The molecule has 3 rings (SSSR count). The van der Waals surface area contributed by atoms with E-state index in [9.17, 15) is 13.2 Å². The molecule has 6 heteroatoms. The highest BCUT2D eigenvalue weighted by Crippen LogP contribution is 2.26. The maximum atomic E-state index is 13.3. The fourth-order valence-electron chi connectivity index (χ4n) is 3.41. The molecule has 0 atom stereocenters. The summed E-state index contributed by atoms with van der Waals surface area (Å²) in [4.78, 5) is 13.7. The third-order valence-corrected chi connectivity index (χ3v) is 7.02. The number of amides is 1. The molecule has 0 radical (unpaired) electrons. The fourth-order valence-corrected chi connectivity index (χ4v) is 5.08. The predicted octanol–water partition coefficient (Wildman–Crippen LogP) is 3.19. The Hall–Kier alpha value is -2.18. The highest BCUT2D eigenvalue weighted by atomic mass is 32.2. The summed E-state index contributed by atoms with van der Waals surface area (Å²) in [7, 11) is -3.64. The Kier molecular flexibility index (Phi) is 5.67. The van der Waals surface area contributed by atoms with E-state index >= 15 is 0 Å². The number of rotatable bonds is 5. The standard InChI is InChI=1S/C21H26N2O3S/c1-16(2)23(14-18-7-5-4-6-8-18)27(25,26)21-10-9-19-11-12-22(17(3)24)15-20(19)13-21/h4-10,13,16H,11-12,14-15H2,1-3H3. The number of nitrogens with zero attached hydrogens (tertiary/aromatic N) is 2. The van der Waals surface area contributed by atoms with Crippen molar-refractivity contribution >= 4 is 15.9 Å². The molecular formula is C21H26N2O3S. The maximum absolute atomic E-state index is 13.3. The SMILES string of the molecule is CC(=O)N1CCc2ccc(S(=O)(=O)N(Cc3ccccc3)C(C)C)cc2C1. The summed E-state index contributed by atoms with van der Waals surface area (Å²) >= 11 is 0. The molecule has 144 valence electrons. The average molecular weight is 387 g/mol. The van der Waals surface area contributed by atoms with E-state index in [4.69, 9.17) is 0 Å². The van der Waals surface area contributed by atoms with Gasteiger partial charge in [0.15, 0.2) is 0 Å². The van der Waals surface area contributed by atoms with Crippen LogP contribution in [0, 0.1) is 0 Å². The zero-order valence-electron chi connectivity index (χ0n) is 16.1. The molecule has 0 bridgehead atoms. The largest absolute Gasteiger partial charge is 0.338 e. The molecule has 1 aliphatic rings. The number of sulfonamides is 1. The summed E-state index contributed by atoms with van der Waals surface area (Å²) in [5.41, 5.74) is 2.99. The van der Waals surface area contributed by atoms with Gasteiger partial charge in [0.2, 0.25) is 15.9 Å². The molecule has 0 unspecified atom stereocenters. The molecule has 0 saturated carbocycles. The van der Waals surface area contributed by atoms with Crippen molar-refractivity contribution in [3.63, 3.8) is 0 Å². The Balaban J connectivity index is 1.93. The number of fused-ring (bicyclic) bond motifs is 1. The van der Waals surface area contributed by atoms with Crippen LogP contribution in [0.5, 0.6) is 0 Å². The van der Waals surface area contributed by atoms with Gasteiger partial charge in [0.1, 0.15) is 0 Å². The van der Waals surface area contributed by atoms with Crippen LogP contribution in [0.3, 0.4) is 0 Å². The minimum absolute atomic E-state index is 0.0156. The first kappa shape index (κ1) is 19.6. The molecule has 2 aromatic rings. The Morgan fingerprint density at radius 1 is 1.11 bits per heavy atom. The predicted molar refractivity (Wildman–Crippen MR) is 106 cm³/mol. The zero-order chi connectivity index (χ0) is 19.6. The van der Waals surface area contributed by atoms with Gasteiger partial charge in [-0.15, -0.1) is 0 Å². The van der Waals surface area contributed by atoms with Crippen LogP contribution in [-0.4, -0.2) is 36.1 Å². The summed E-state index contributed by atoms with van der Waals surface area (Å²) in [5, 5.41) is 0. The average Bonchev–Trinajstić information content (AvgIpc) is 2.65. The Morgan fingerprint density at radius 3 is 2.44 bits per heavy atom. The van der Waals surface area contributed by atoms with Crippen LogP contribution in [0.25, 0.3) is 0 Å². The molecule has 0 spiro atoms. The number of hydrogen-bond acceptors (Lipinski definition) is 3. The molecule has 27 heavy (non-hydrogen) atoms. The Labute approximate surface area is 161 Å². The lowest BCUT2D eigenvalue weighted by molar-refractivity contribution is -0.129. The highest BCUT2D eigenvalue weighted by Gasteiger charge is 2.29. The van der Waals surface area contributed by atoms with Crippen molar-refractivity contribution < 1.29 is 13.2 Å². The lowest BCUT2D eigenvalue weighted by Crippen LogP contribution is -2.37. The number of carbonyl (C=O) groups excluding carboxylic acids is 1. The van der Waals surface area contributed by atoms with Crippen LogP contribution >= 0.6 is 0 Å². The summed E-state index contributed by atoms with van der Waals surface area (Å²) in [5.74, 6) is 0.0156. The van der Waals surface area contributed by atoms with Crippen molar-refractivity contribution in [1.82, 2.24) is 9.21 Å². The van der Waals surface area contributed by atoms with Crippen LogP contribution < -0.4 is 0 Å². The summed E-state index contributed by atoms with van der Waals surface area (Å²) in [6.45, 7) is 6.80. The normalized spacial score (nSPS) is 14.5. The summed E-state index contributed by atoms with van der Waals surface area (Å²) in [6.07, 6.45) is 0.757. The van der Waals surface area contributed by atoms with Crippen LogP contribution in [0.2, 0.25) is 0 Å². The fraction of sp³-hybridized carbons (Fsp3) is 0.381. The monoisotopic (exact) mass is 386 g/mol. The van der Waals surface area contributed by atoms with Crippen molar-refractivity contribution in [2.75, 3.05) is 6.54 Å². The van der Waals surface area contributed by atoms with E-state index in [0.717, 1.165) is 23.1 Å². The maximum Gasteiger partial charge on any atom is 0.243 e. The van der Waals surface area contributed by atoms with Gasteiger partial charge in [-0.05, 0) is 49.1 Å². The molecule has 2 aromatic carbocycles. The van der Waals surface area contributed by atoms with Gasteiger partial charge >= 0.3 is 0 Å². The molecule has 0 N–H and O–H groups in total. The topological polar surface area (TPSA) is 57.7 Å². The van der Waals surface area contributed by atoms with Gasteiger partial charge in [-0.1, -0.05) is 36.4 Å². The minimum atomic E-state index is -3.64. The van der Waals surface area contributed by atoms with Gasteiger partial charge < -0.3 is 4.90 Å².